The molecule has 0 aliphatic carbocycles. The van der Waals surface area contributed by atoms with E-state index >= 15 is 0 Å². The van der Waals surface area contributed by atoms with Crippen molar-refractivity contribution in [3.63, 3.8) is 0 Å². The average molecular weight is 434 g/mol. The number of nitrogens with two attached hydrogens (primary N) is 1. The Hall–Kier alpha value is -3.36. The molecule has 3 N–H and O–H groups in total. The van der Waals surface area contributed by atoms with Crippen molar-refractivity contribution < 1.29 is 14.2 Å². The number of halogens is 1. The normalized spacial score (nSPS) is 21.2. The van der Waals surface area contributed by atoms with Crippen LogP contribution < -0.4 is 5.73 Å². The molecule has 164 valence electrons. The van der Waals surface area contributed by atoms with Gasteiger partial charge in [0, 0.05) is 30.8 Å². The van der Waals surface area contributed by atoms with E-state index < -0.39 is 0 Å². The van der Waals surface area contributed by atoms with E-state index in [0.29, 0.717) is 17.3 Å². The quantitative estimate of drug-likeness (QED) is 0.469. The fraction of sp³-hybridized carbons (Fsp3) is 0.292. The predicted octanol–water partition coefficient (Wildman–Crippen LogP) is 4.28. The van der Waals surface area contributed by atoms with Crippen LogP contribution in [-0.2, 0) is 0 Å². The van der Waals surface area contributed by atoms with Crippen LogP contribution in [0.25, 0.3) is 28.3 Å². The van der Waals surface area contributed by atoms with Gasteiger partial charge in [0.2, 0.25) is 5.95 Å². The number of benzene rings is 1. The van der Waals surface area contributed by atoms with Gasteiger partial charge >= 0.3 is 0 Å². The van der Waals surface area contributed by atoms with Crippen molar-refractivity contribution in [2.75, 3.05) is 25.4 Å². The molecule has 1 fully saturated rings. The Kier molecular flexibility index (Phi) is 5.11. The van der Waals surface area contributed by atoms with Crippen LogP contribution >= 0.6 is 0 Å². The fourth-order valence-electron chi connectivity index (χ4n) is 4.57. The molecule has 7 nitrogen and oxygen atoms in total. The SMILES string of the molecule is CC[N+]1(O)CCC(c2ccn3c(-c4ccnc(N)n4)c(-c4ccc(F)cc4)nc3c2)CC1. The van der Waals surface area contributed by atoms with Crippen LogP contribution in [0, 0.1) is 5.82 Å². The standard InChI is InChI=1S/C24H26FN6O/c1-2-31(32)13-9-16(10-14-31)18-8-12-30-21(15-18)29-22(17-3-5-19(25)6-4-17)23(30)20-7-11-27-24(26)28-20/h3-8,11-12,15-16,32H,2,9-10,13-14H2,1H3,(H2,26,27,28)/q+1. The third-order valence-corrected chi connectivity index (χ3v) is 6.53. The van der Waals surface area contributed by atoms with Crippen LogP contribution in [0.3, 0.4) is 0 Å². The number of quaternary nitrogens is 1. The van der Waals surface area contributed by atoms with Crippen molar-refractivity contribution in [2.24, 2.45) is 0 Å². The second-order valence-electron chi connectivity index (χ2n) is 8.44. The number of rotatable bonds is 4. The molecular formula is C24H26FN6O+. The molecule has 0 radical (unpaired) electrons. The summed E-state index contributed by atoms with van der Waals surface area (Å²) in [5, 5.41) is 10.5. The first-order chi connectivity index (χ1) is 15.5. The Morgan fingerprint density at radius 3 is 2.56 bits per heavy atom. The lowest BCUT2D eigenvalue weighted by Gasteiger charge is -2.36. The lowest BCUT2D eigenvalue weighted by Crippen LogP contribution is -2.49. The summed E-state index contributed by atoms with van der Waals surface area (Å²) >= 11 is 0. The smallest absolute Gasteiger partial charge is 0.220 e. The van der Waals surface area contributed by atoms with E-state index in [2.05, 4.69) is 22.1 Å². The van der Waals surface area contributed by atoms with Crippen molar-refractivity contribution in [2.45, 2.75) is 25.7 Å². The molecule has 1 aliphatic rings. The number of piperidine rings is 1. The summed E-state index contributed by atoms with van der Waals surface area (Å²) in [6.07, 6.45) is 5.49. The first-order valence-electron chi connectivity index (χ1n) is 10.9. The highest BCUT2D eigenvalue weighted by Crippen LogP contribution is 2.35. The largest absolute Gasteiger partial charge is 0.368 e. The number of hydroxylamine groups is 3. The Morgan fingerprint density at radius 2 is 1.88 bits per heavy atom. The van der Waals surface area contributed by atoms with Crippen LogP contribution in [-0.4, -0.2) is 48.8 Å². The third kappa shape index (κ3) is 3.72. The maximum Gasteiger partial charge on any atom is 0.220 e. The lowest BCUT2D eigenvalue weighted by molar-refractivity contribution is -1.10. The van der Waals surface area contributed by atoms with E-state index in [4.69, 9.17) is 10.7 Å². The zero-order chi connectivity index (χ0) is 22.3. The number of anilines is 1. The van der Waals surface area contributed by atoms with Crippen molar-refractivity contribution in [1.82, 2.24) is 19.4 Å². The molecule has 1 aromatic carbocycles. The Morgan fingerprint density at radius 1 is 1.12 bits per heavy atom. The van der Waals surface area contributed by atoms with Crippen LogP contribution in [0.5, 0.6) is 0 Å². The topological polar surface area (TPSA) is 89.3 Å². The number of pyridine rings is 1. The summed E-state index contributed by atoms with van der Waals surface area (Å²) in [7, 11) is 0. The highest BCUT2D eigenvalue weighted by Gasteiger charge is 2.32. The van der Waals surface area contributed by atoms with Crippen molar-refractivity contribution in [1.29, 1.82) is 0 Å². The molecule has 4 heterocycles. The number of imidazole rings is 1. The van der Waals surface area contributed by atoms with Gasteiger partial charge in [-0.2, -0.15) is 4.65 Å². The molecule has 8 heteroatoms. The number of hydrogen-bond donors (Lipinski definition) is 2. The van der Waals surface area contributed by atoms with E-state index in [1.54, 1.807) is 24.4 Å². The van der Waals surface area contributed by atoms with Gasteiger partial charge < -0.3 is 5.73 Å². The number of nitrogen functional groups attached to an aromatic ring is 1. The Bertz CT molecular complexity index is 1260. The number of hydrogen-bond acceptors (Lipinski definition) is 5. The summed E-state index contributed by atoms with van der Waals surface area (Å²) in [6, 6.07) is 12.3. The zero-order valence-electron chi connectivity index (χ0n) is 17.9. The van der Waals surface area contributed by atoms with Crippen molar-refractivity contribution in [3.8, 4) is 22.6 Å². The lowest BCUT2D eigenvalue weighted by atomic mass is 9.90. The number of likely N-dealkylation sites (tertiary alicyclic amines) is 1. The number of nitrogens with zero attached hydrogens (tertiary/aromatic N) is 5. The fourth-order valence-corrected chi connectivity index (χ4v) is 4.57. The van der Waals surface area contributed by atoms with Gasteiger partial charge in [0.05, 0.1) is 17.1 Å². The second-order valence-corrected chi connectivity index (χ2v) is 8.44. The van der Waals surface area contributed by atoms with Gasteiger partial charge in [-0.25, -0.2) is 24.5 Å². The molecule has 0 spiro atoms. The molecule has 0 unspecified atom stereocenters. The minimum Gasteiger partial charge on any atom is -0.368 e. The van der Waals surface area contributed by atoms with Crippen LogP contribution in [0.15, 0.2) is 54.9 Å². The zero-order valence-corrected chi connectivity index (χ0v) is 17.9. The molecule has 5 rings (SSSR count). The minimum absolute atomic E-state index is 0.149. The number of aromatic nitrogens is 4. The van der Waals surface area contributed by atoms with Crippen LogP contribution in [0.4, 0.5) is 10.3 Å². The van der Waals surface area contributed by atoms with E-state index in [1.807, 2.05) is 17.5 Å². The van der Waals surface area contributed by atoms with Crippen LogP contribution in [0.2, 0.25) is 0 Å². The van der Waals surface area contributed by atoms with E-state index in [1.165, 1.54) is 17.7 Å². The monoisotopic (exact) mass is 433 g/mol. The molecule has 32 heavy (non-hydrogen) atoms. The molecule has 4 aromatic rings. The summed E-state index contributed by atoms with van der Waals surface area (Å²) in [4.78, 5) is 13.3. The number of fused-ring (bicyclic) bond motifs is 1. The molecule has 0 atom stereocenters. The van der Waals surface area contributed by atoms with Gasteiger partial charge in [-0.15, -0.1) is 0 Å². The average Bonchev–Trinajstić information content (AvgIpc) is 3.19. The van der Waals surface area contributed by atoms with Gasteiger partial charge in [-0.3, -0.25) is 4.40 Å². The Labute approximate surface area is 185 Å². The maximum absolute atomic E-state index is 13.5. The van der Waals surface area contributed by atoms with Crippen molar-refractivity contribution >= 4 is 11.6 Å². The molecule has 3 aromatic heterocycles. The molecule has 1 aliphatic heterocycles. The van der Waals surface area contributed by atoms with Gasteiger partial charge in [-0.1, -0.05) is 0 Å². The van der Waals surface area contributed by atoms with Gasteiger partial charge in [0.15, 0.2) is 0 Å². The molecule has 1 saturated heterocycles. The molecule has 0 amide bonds. The highest BCUT2D eigenvalue weighted by molar-refractivity contribution is 5.80. The molecule has 0 saturated carbocycles. The summed E-state index contributed by atoms with van der Waals surface area (Å²) in [5.41, 5.74) is 10.8. The first kappa shape index (κ1) is 20.5. The van der Waals surface area contributed by atoms with Crippen LogP contribution in [0.1, 0.15) is 31.2 Å². The Balaban J connectivity index is 1.60. The van der Waals surface area contributed by atoms with E-state index in [9.17, 15) is 9.60 Å². The predicted molar refractivity (Wildman–Crippen MR) is 120 cm³/mol. The molecule has 0 bridgehead atoms. The van der Waals surface area contributed by atoms with Gasteiger partial charge in [-0.05, 0) is 60.9 Å². The van der Waals surface area contributed by atoms with Gasteiger partial charge in [0.1, 0.15) is 31.1 Å². The summed E-state index contributed by atoms with van der Waals surface area (Å²) in [6.45, 7) is 4.27. The third-order valence-electron chi connectivity index (χ3n) is 6.53. The van der Waals surface area contributed by atoms with E-state index in [-0.39, 0.29) is 16.4 Å². The van der Waals surface area contributed by atoms with Gasteiger partial charge in [0.25, 0.3) is 0 Å². The second kappa shape index (κ2) is 7.96. The molecular weight excluding hydrogens is 407 g/mol. The minimum atomic E-state index is -0.296. The summed E-state index contributed by atoms with van der Waals surface area (Å²) in [5.74, 6) is 0.271. The van der Waals surface area contributed by atoms with Crippen molar-refractivity contribution in [3.05, 3.63) is 66.2 Å². The maximum atomic E-state index is 13.5. The first-order valence-corrected chi connectivity index (χ1v) is 10.9. The summed E-state index contributed by atoms with van der Waals surface area (Å²) < 4.78 is 15.7. The van der Waals surface area contributed by atoms with E-state index in [0.717, 1.165) is 49.4 Å². The highest BCUT2D eigenvalue weighted by atomic mass is 19.1.